The van der Waals surface area contributed by atoms with Crippen LogP contribution in [0.2, 0.25) is 0 Å². The van der Waals surface area contributed by atoms with Gasteiger partial charge in [-0.2, -0.15) is 4.31 Å². The molecule has 1 atom stereocenters. The number of hydrogen-bond donors (Lipinski definition) is 1. The molecule has 0 aliphatic carbocycles. The zero-order chi connectivity index (χ0) is 15.0. The lowest BCUT2D eigenvalue weighted by Gasteiger charge is -2.25. The molecule has 0 radical (unpaired) electrons. The van der Waals surface area contributed by atoms with Crippen LogP contribution in [0.1, 0.15) is 32.8 Å². The average molecular weight is 298 g/mol. The molecule has 0 aromatic heterocycles. The fourth-order valence-corrected chi connectivity index (χ4v) is 3.54. The van der Waals surface area contributed by atoms with Crippen molar-refractivity contribution in [3.05, 3.63) is 35.9 Å². The smallest absolute Gasteiger partial charge is 0.218 e. The first-order valence-corrected chi connectivity index (χ1v) is 8.76. The fraction of sp³-hybridized carbons (Fsp3) is 0.600. The molecule has 0 spiro atoms. The lowest BCUT2D eigenvalue weighted by molar-refractivity contribution is 0.414. The maximum atomic E-state index is 12.5. The Morgan fingerprint density at radius 3 is 2.40 bits per heavy atom. The fourth-order valence-electron chi connectivity index (χ4n) is 2.01. The quantitative estimate of drug-likeness (QED) is 0.711. The number of nitrogens with one attached hydrogen (secondary N) is 1. The number of benzene rings is 1. The van der Waals surface area contributed by atoms with Crippen LogP contribution < -0.4 is 5.32 Å². The largest absolute Gasteiger partial charge is 0.315 e. The molecule has 1 unspecified atom stereocenters. The zero-order valence-electron chi connectivity index (χ0n) is 12.7. The summed E-state index contributed by atoms with van der Waals surface area (Å²) < 4.78 is 26.6. The third-order valence-corrected chi connectivity index (χ3v) is 5.57. The lowest BCUT2D eigenvalue weighted by atomic mass is 10.2. The molecule has 1 N–H and O–H groups in total. The van der Waals surface area contributed by atoms with Crippen LogP contribution in [0.15, 0.2) is 30.3 Å². The maximum Gasteiger partial charge on any atom is 0.218 e. The molecule has 0 heterocycles. The van der Waals surface area contributed by atoms with E-state index in [-0.39, 0.29) is 0 Å². The van der Waals surface area contributed by atoms with E-state index < -0.39 is 15.3 Å². The van der Waals surface area contributed by atoms with Crippen molar-refractivity contribution >= 4 is 10.0 Å². The van der Waals surface area contributed by atoms with E-state index in [4.69, 9.17) is 0 Å². The first-order chi connectivity index (χ1) is 9.52. The normalized spacial score (nSPS) is 13.6. The summed E-state index contributed by atoms with van der Waals surface area (Å²) >= 11 is 0. The molecule has 4 nitrogen and oxygen atoms in total. The van der Waals surface area contributed by atoms with Crippen molar-refractivity contribution in [2.45, 2.75) is 39.0 Å². The first kappa shape index (κ1) is 17.1. The second-order valence-corrected chi connectivity index (χ2v) is 7.32. The highest BCUT2D eigenvalue weighted by molar-refractivity contribution is 7.89. The summed E-state index contributed by atoms with van der Waals surface area (Å²) in [6.07, 6.45) is 1.01. The summed E-state index contributed by atoms with van der Waals surface area (Å²) in [7, 11) is -3.26. The third-order valence-electron chi connectivity index (χ3n) is 3.28. The standard InChI is InChI=1S/C15H26N2O2S/c1-4-11-16-12-14(3)20(18,19)17(5-2)13-15-9-7-6-8-10-15/h6-10,14,16H,4-5,11-13H2,1-3H3. The van der Waals surface area contributed by atoms with E-state index in [1.807, 2.05) is 37.3 Å². The minimum absolute atomic E-state index is 0.405. The Morgan fingerprint density at radius 1 is 1.20 bits per heavy atom. The van der Waals surface area contributed by atoms with E-state index in [2.05, 4.69) is 12.2 Å². The zero-order valence-corrected chi connectivity index (χ0v) is 13.5. The van der Waals surface area contributed by atoms with Crippen LogP contribution in [0, 0.1) is 0 Å². The van der Waals surface area contributed by atoms with Crippen molar-refractivity contribution in [3.8, 4) is 0 Å². The predicted octanol–water partition coefficient (Wildman–Crippen LogP) is 2.23. The van der Waals surface area contributed by atoms with Crippen LogP contribution in [-0.2, 0) is 16.6 Å². The molecular formula is C15H26N2O2S. The van der Waals surface area contributed by atoms with Gasteiger partial charge in [0.05, 0.1) is 5.25 Å². The number of hydrogen-bond acceptors (Lipinski definition) is 3. The van der Waals surface area contributed by atoms with E-state index in [0.717, 1.165) is 18.5 Å². The summed E-state index contributed by atoms with van der Waals surface area (Å²) in [5.41, 5.74) is 1.02. The topological polar surface area (TPSA) is 49.4 Å². The summed E-state index contributed by atoms with van der Waals surface area (Å²) in [5.74, 6) is 0. The molecule has 1 aromatic carbocycles. The van der Waals surface area contributed by atoms with Gasteiger partial charge >= 0.3 is 0 Å². The summed E-state index contributed by atoms with van der Waals surface area (Å²) in [6.45, 7) is 8.01. The summed E-state index contributed by atoms with van der Waals surface area (Å²) in [5, 5.41) is 2.77. The van der Waals surface area contributed by atoms with Gasteiger partial charge in [0.15, 0.2) is 0 Å². The van der Waals surface area contributed by atoms with Crippen molar-refractivity contribution in [2.24, 2.45) is 0 Å². The van der Waals surface area contributed by atoms with Gasteiger partial charge in [-0.3, -0.25) is 0 Å². The first-order valence-electron chi connectivity index (χ1n) is 7.26. The maximum absolute atomic E-state index is 12.5. The van der Waals surface area contributed by atoms with E-state index in [9.17, 15) is 8.42 Å². The van der Waals surface area contributed by atoms with Crippen molar-refractivity contribution in [3.63, 3.8) is 0 Å². The van der Waals surface area contributed by atoms with Gasteiger partial charge in [0.25, 0.3) is 0 Å². The predicted molar refractivity (Wildman–Crippen MR) is 84.1 cm³/mol. The highest BCUT2D eigenvalue weighted by atomic mass is 32.2. The van der Waals surface area contributed by atoms with E-state index >= 15 is 0 Å². The Balaban J connectivity index is 2.71. The number of nitrogens with zero attached hydrogens (tertiary/aromatic N) is 1. The van der Waals surface area contributed by atoms with Crippen molar-refractivity contribution in [1.29, 1.82) is 0 Å². The monoisotopic (exact) mass is 298 g/mol. The second-order valence-electron chi connectivity index (χ2n) is 4.97. The second kappa shape index (κ2) is 8.39. The Kier molecular flexibility index (Phi) is 7.19. The SMILES string of the molecule is CCCNCC(C)S(=O)(=O)N(CC)Cc1ccccc1. The van der Waals surface area contributed by atoms with Crippen molar-refractivity contribution < 1.29 is 8.42 Å². The average Bonchev–Trinajstić information content (AvgIpc) is 2.45. The van der Waals surface area contributed by atoms with Crippen LogP contribution in [-0.4, -0.2) is 37.6 Å². The molecule has 1 aromatic rings. The van der Waals surface area contributed by atoms with Gasteiger partial charge in [-0.1, -0.05) is 44.2 Å². The van der Waals surface area contributed by atoms with Crippen molar-refractivity contribution in [2.75, 3.05) is 19.6 Å². The van der Waals surface area contributed by atoms with E-state index in [0.29, 0.717) is 19.6 Å². The molecular weight excluding hydrogens is 272 g/mol. The summed E-state index contributed by atoms with van der Waals surface area (Å²) in [4.78, 5) is 0. The Hall–Kier alpha value is -0.910. The lowest BCUT2D eigenvalue weighted by Crippen LogP contribution is -2.41. The number of sulfonamides is 1. The number of rotatable bonds is 9. The van der Waals surface area contributed by atoms with Crippen LogP contribution in [0.4, 0.5) is 0 Å². The van der Waals surface area contributed by atoms with Gasteiger partial charge in [-0.15, -0.1) is 0 Å². The van der Waals surface area contributed by atoms with Crippen LogP contribution in [0.5, 0.6) is 0 Å². The molecule has 0 aliphatic heterocycles. The van der Waals surface area contributed by atoms with E-state index in [1.54, 1.807) is 11.2 Å². The van der Waals surface area contributed by atoms with Gasteiger partial charge in [0.2, 0.25) is 10.0 Å². The van der Waals surface area contributed by atoms with Gasteiger partial charge in [0, 0.05) is 19.6 Å². The molecule has 0 bridgehead atoms. The Morgan fingerprint density at radius 2 is 1.85 bits per heavy atom. The molecule has 20 heavy (non-hydrogen) atoms. The highest BCUT2D eigenvalue weighted by Gasteiger charge is 2.27. The third kappa shape index (κ3) is 4.89. The molecule has 1 rings (SSSR count). The summed E-state index contributed by atoms with van der Waals surface area (Å²) in [6, 6.07) is 9.71. The minimum atomic E-state index is -3.26. The molecule has 5 heteroatoms. The van der Waals surface area contributed by atoms with Gasteiger partial charge in [-0.25, -0.2) is 8.42 Å². The molecule has 0 saturated carbocycles. The van der Waals surface area contributed by atoms with Crippen LogP contribution in [0.3, 0.4) is 0 Å². The molecule has 0 amide bonds. The van der Waals surface area contributed by atoms with Gasteiger partial charge in [-0.05, 0) is 25.5 Å². The Labute approximate surface area is 123 Å². The van der Waals surface area contributed by atoms with Crippen LogP contribution >= 0.6 is 0 Å². The highest BCUT2D eigenvalue weighted by Crippen LogP contribution is 2.13. The molecule has 114 valence electrons. The Bertz CT molecular complexity index is 474. The van der Waals surface area contributed by atoms with E-state index in [1.165, 1.54) is 0 Å². The van der Waals surface area contributed by atoms with Crippen molar-refractivity contribution in [1.82, 2.24) is 9.62 Å². The van der Waals surface area contributed by atoms with Crippen LogP contribution in [0.25, 0.3) is 0 Å². The minimum Gasteiger partial charge on any atom is -0.315 e. The molecule has 0 fully saturated rings. The van der Waals surface area contributed by atoms with Gasteiger partial charge in [0.1, 0.15) is 0 Å². The molecule has 0 aliphatic rings. The van der Waals surface area contributed by atoms with Gasteiger partial charge < -0.3 is 5.32 Å². The molecule has 0 saturated heterocycles.